The van der Waals surface area contributed by atoms with Crippen molar-refractivity contribution in [3.63, 3.8) is 0 Å². The van der Waals surface area contributed by atoms with Crippen molar-refractivity contribution in [2.75, 3.05) is 12.4 Å². The molecule has 0 radical (unpaired) electrons. The van der Waals surface area contributed by atoms with Gasteiger partial charge < -0.3 is 10.1 Å². The van der Waals surface area contributed by atoms with Crippen molar-refractivity contribution in [2.24, 2.45) is 0 Å². The van der Waals surface area contributed by atoms with Crippen LogP contribution in [0, 0.1) is 0 Å². The molecule has 1 amide bonds. The van der Waals surface area contributed by atoms with E-state index in [1.165, 1.54) is 29.8 Å². The van der Waals surface area contributed by atoms with Gasteiger partial charge >= 0.3 is 5.97 Å². The van der Waals surface area contributed by atoms with E-state index in [1.54, 1.807) is 17.5 Å². The number of amides is 1. The summed E-state index contributed by atoms with van der Waals surface area (Å²) in [6.07, 6.45) is 0.232. The lowest BCUT2D eigenvalue weighted by Gasteiger charge is -2.04. The molecule has 2 aromatic heterocycles. The molecule has 100 valence electrons. The maximum absolute atomic E-state index is 11.9. The van der Waals surface area contributed by atoms with Crippen LogP contribution in [0.3, 0.4) is 0 Å². The third-order valence-electron chi connectivity index (χ3n) is 2.29. The van der Waals surface area contributed by atoms with E-state index in [4.69, 9.17) is 11.6 Å². The molecule has 0 saturated heterocycles. The van der Waals surface area contributed by atoms with Gasteiger partial charge in [0.2, 0.25) is 5.91 Å². The van der Waals surface area contributed by atoms with E-state index in [0.717, 1.165) is 4.88 Å². The molecule has 7 heteroatoms. The molecule has 0 aliphatic heterocycles. The third kappa shape index (κ3) is 3.56. The number of thiophene rings is 2. The van der Waals surface area contributed by atoms with Crippen LogP contribution in [0.15, 0.2) is 23.6 Å². The van der Waals surface area contributed by atoms with Gasteiger partial charge in [0.25, 0.3) is 0 Å². The van der Waals surface area contributed by atoms with E-state index in [2.05, 4.69) is 10.1 Å². The fourth-order valence-corrected chi connectivity index (χ4v) is 3.33. The molecule has 0 fully saturated rings. The summed E-state index contributed by atoms with van der Waals surface area (Å²) in [6, 6.07) is 5.18. The van der Waals surface area contributed by atoms with Gasteiger partial charge in [-0.15, -0.1) is 22.7 Å². The Bertz CT molecular complexity index is 606. The largest absolute Gasteiger partial charge is 0.465 e. The molecule has 1 N–H and O–H groups in total. The van der Waals surface area contributed by atoms with Gasteiger partial charge in [-0.25, -0.2) is 4.79 Å². The average molecular weight is 316 g/mol. The van der Waals surface area contributed by atoms with Crippen molar-refractivity contribution in [2.45, 2.75) is 6.42 Å². The van der Waals surface area contributed by atoms with Crippen molar-refractivity contribution >= 4 is 51.2 Å². The highest BCUT2D eigenvalue weighted by Gasteiger charge is 2.15. The van der Waals surface area contributed by atoms with Crippen LogP contribution >= 0.6 is 34.3 Å². The quantitative estimate of drug-likeness (QED) is 0.879. The maximum atomic E-state index is 11.9. The molecule has 0 aromatic carbocycles. The number of ether oxygens (including phenoxy) is 1. The normalized spacial score (nSPS) is 10.2. The zero-order valence-electron chi connectivity index (χ0n) is 9.94. The molecule has 0 atom stereocenters. The summed E-state index contributed by atoms with van der Waals surface area (Å²) in [6.45, 7) is 0. The van der Waals surface area contributed by atoms with Crippen molar-refractivity contribution in [3.05, 3.63) is 38.4 Å². The number of nitrogens with one attached hydrogen (secondary N) is 1. The fraction of sp³-hybridized carbons (Fsp3) is 0.167. The van der Waals surface area contributed by atoms with Gasteiger partial charge in [0.15, 0.2) is 0 Å². The topological polar surface area (TPSA) is 55.4 Å². The summed E-state index contributed by atoms with van der Waals surface area (Å²) in [4.78, 5) is 24.2. The highest BCUT2D eigenvalue weighted by atomic mass is 35.5. The average Bonchev–Trinajstić information content (AvgIpc) is 2.97. The summed E-state index contributed by atoms with van der Waals surface area (Å²) in [5, 5.41) is 4.93. The second-order valence-corrected chi connectivity index (χ2v) is 6.30. The van der Waals surface area contributed by atoms with Gasteiger partial charge in [-0.1, -0.05) is 11.6 Å². The van der Waals surface area contributed by atoms with Gasteiger partial charge in [0.1, 0.15) is 5.00 Å². The highest BCUT2D eigenvalue weighted by Crippen LogP contribution is 2.25. The molecule has 19 heavy (non-hydrogen) atoms. The van der Waals surface area contributed by atoms with Crippen molar-refractivity contribution < 1.29 is 14.3 Å². The summed E-state index contributed by atoms with van der Waals surface area (Å²) in [7, 11) is 1.30. The van der Waals surface area contributed by atoms with Crippen molar-refractivity contribution in [1.82, 2.24) is 0 Å². The van der Waals surface area contributed by atoms with Gasteiger partial charge in [-0.05, 0) is 23.6 Å². The zero-order valence-corrected chi connectivity index (χ0v) is 12.3. The number of carbonyl (C=O) groups is 2. The van der Waals surface area contributed by atoms with Gasteiger partial charge in [-0.3, -0.25) is 4.79 Å². The van der Waals surface area contributed by atoms with E-state index in [0.29, 0.717) is 14.9 Å². The van der Waals surface area contributed by atoms with Crippen LogP contribution in [0.4, 0.5) is 5.00 Å². The van der Waals surface area contributed by atoms with E-state index >= 15 is 0 Å². The predicted molar refractivity (Wildman–Crippen MR) is 77.3 cm³/mol. The first-order chi connectivity index (χ1) is 9.10. The number of hydrogen-bond donors (Lipinski definition) is 1. The third-order valence-corrected chi connectivity index (χ3v) is 4.35. The Hall–Kier alpha value is -1.37. The molecule has 0 saturated carbocycles. The summed E-state index contributed by atoms with van der Waals surface area (Å²) >= 11 is 8.44. The first kappa shape index (κ1) is 14.0. The Morgan fingerprint density at radius 1 is 1.37 bits per heavy atom. The zero-order chi connectivity index (χ0) is 13.8. The second-order valence-electron chi connectivity index (χ2n) is 3.59. The Morgan fingerprint density at radius 2 is 2.16 bits per heavy atom. The Kier molecular flexibility index (Phi) is 4.57. The number of rotatable bonds is 4. The molecule has 2 rings (SSSR count). The van der Waals surface area contributed by atoms with E-state index in [9.17, 15) is 9.59 Å². The first-order valence-electron chi connectivity index (χ1n) is 5.30. The van der Waals surface area contributed by atoms with E-state index in [1.807, 2.05) is 6.07 Å². The Morgan fingerprint density at radius 3 is 2.79 bits per heavy atom. The predicted octanol–water partition coefficient (Wildman–Crippen LogP) is 3.43. The molecular weight excluding hydrogens is 306 g/mol. The lowest BCUT2D eigenvalue weighted by molar-refractivity contribution is -0.115. The van der Waals surface area contributed by atoms with Crippen LogP contribution in [-0.4, -0.2) is 19.0 Å². The molecule has 2 aromatic rings. The Labute approximate surface area is 123 Å². The summed E-state index contributed by atoms with van der Waals surface area (Å²) < 4.78 is 5.29. The van der Waals surface area contributed by atoms with Crippen LogP contribution in [0.2, 0.25) is 4.34 Å². The lowest BCUT2D eigenvalue weighted by atomic mass is 10.3. The molecule has 0 aliphatic carbocycles. The highest BCUT2D eigenvalue weighted by molar-refractivity contribution is 7.16. The number of carbonyl (C=O) groups excluding carboxylic acids is 2. The SMILES string of the molecule is COC(=O)c1ccsc1NC(=O)Cc1ccc(Cl)s1. The smallest absolute Gasteiger partial charge is 0.340 e. The molecule has 0 unspecified atom stereocenters. The number of hydrogen-bond acceptors (Lipinski definition) is 5. The first-order valence-corrected chi connectivity index (χ1v) is 7.37. The standard InChI is InChI=1S/C12H10ClNO3S2/c1-17-12(16)8-4-5-18-11(8)14-10(15)6-7-2-3-9(13)19-7/h2-5H,6H2,1H3,(H,14,15). The molecular formula is C12H10ClNO3S2. The van der Waals surface area contributed by atoms with Crippen LogP contribution in [0.5, 0.6) is 0 Å². The van der Waals surface area contributed by atoms with Crippen LogP contribution < -0.4 is 5.32 Å². The molecule has 0 aliphatic rings. The number of halogens is 1. The van der Waals surface area contributed by atoms with Crippen molar-refractivity contribution in [3.8, 4) is 0 Å². The van der Waals surface area contributed by atoms with Gasteiger partial charge in [-0.2, -0.15) is 0 Å². The lowest BCUT2D eigenvalue weighted by Crippen LogP contribution is -2.15. The molecule has 0 spiro atoms. The molecule has 4 nitrogen and oxygen atoms in total. The minimum Gasteiger partial charge on any atom is -0.465 e. The van der Waals surface area contributed by atoms with Crippen LogP contribution in [0.25, 0.3) is 0 Å². The fourth-order valence-electron chi connectivity index (χ4n) is 1.45. The van der Waals surface area contributed by atoms with Crippen molar-refractivity contribution in [1.29, 1.82) is 0 Å². The van der Waals surface area contributed by atoms with Gasteiger partial charge in [0.05, 0.1) is 23.4 Å². The summed E-state index contributed by atoms with van der Waals surface area (Å²) in [5.41, 5.74) is 0.366. The minimum atomic E-state index is -0.462. The summed E-state index contributed by atoms with van der Waals surface area (Å²) in [5.74, 6) is -0.651. The number of methoxy groups -OCH3 is 1. The Balaban J connectivity index is 2.03. The molecule has 0 bridgehead atoms. The van der Waals surface area contributed by atoms with Crippen LogP contribution in [-0.2, 0) is 16.0 Å². The second kappa shape index (κ2) is 6.18. The monoisotopic (exact) mass is 315 g/mol. The maximum Gasteiger partial charge on any atom is 0.340 e. The number of esters is 1. The van der Waals surface area contributed by atoms with Crippen LogP contribution in [0.1, 0.15) is 15.2 Å². The molecule has 2 heterocycles. The van der Waals surface area contributed by atoms with Gasteiger partial charge in [0, 0.05) is 4.88 Å². The van der Waals surface area contributed by atoms with E-state index in [-0.39, 0.29) is 12.3 Å². The number of anilines is 1. The van der Waals surface area contributed by atoms with E-state index < -0.39 is 5.97 Å². The minimum absolute atomic E-state index is 0.189.